The molecule has 0 bridgehead atoms. The molecule has 0 aliphatic carbocycles. The molecule has 0 saturated carbocycles. The number of benzene rings is 2. The van der Waals surface area contributed by atoms with E-state index in [1.807, 2.05) is 30.3 Å². The van der Waals surface area contributed by atoms with Crippen LogP contribution in [0.25, 0.3) is 16.6 Å². The highest BCUT2D eigenvalue weighted by molar-refractivity contribution is 6.22. The van der Waals surface area contributed by atoms with Gasteiger partial charge in [-0.05, 0) is 25.5 Å². The summed E-state index contributed by atoms with van der Waals surface area (Å²) in [5.41, 5.74) is 8.68. The van der Waals surface area contributed by atoms with Gasteiger partial charge in [-0.2, -0.15) is 5.26 Å². The maximum atomic E-state index is 12.8. The van der Waals surface area contributed by atoms with Crippen LogP contribution in [0, 0.1) is 11.3 Å². The van der Waals surface area contributed by atoms with Crippen molar-refractivity contribution in [1.29, 1.82) is 5.26 Å². The number of carbonyl (C=O) groups excluding carboxylic acids is 1. The van der Waals surface area contributed by atoms with E-state index in [-0.39, 0.29) is 35.3 Å². The van der Waals surface area contributed by atoms with E-state index in [1.54, 1.807) is 17.6 Å². The molecular weight excluding hydrogens is 356 g/mol. The number of aromatic nitrogens is 2. The molecule has 4 rings (SSSR count). The molecule has 0 saturated heterocycles. The molecule has 7 nitrogen and oxygen atoms in total. The molecule has 7 heteroatoms. The van der Waals surface area contributed by atoms with Gasteiger partial charge < -0.3 is 15.5 Å². The Hall–Kier alpha value is -3.79. The van der Waals surface area contributed by atoms with E-state index in [0.29, 0.717) is 28.0 Å². The number of nitrogens with one attached hydrogen (secondary N) is 1. The zero-order valence-electron chi connectivity index (χ0n) is 15.4. The van der Waals surface area contributed by atoms with E-state index in [4.69, 9.17) is 10.5 Å². The van der Waals surface area contributed by atoms with Crippen LogP contribution >= 0.6 is 0 Å². The van der Waals surface area contributed by atoms with Gasteiger partial charge in [0.25, 0.3) is 0 Å². The van der Waals surface area contributed by atoms with Gasteiger partial charge in [-0.25, -0.2) is 4.79 Å². The fourth-order valence-electron chi connectivity index (χ4n) is 3.83. The Balaban J connectivity index is 2.11. The number of H-pyrrole nitrogens is 1. The van der Waals surface area contributed by atoms with E-state index in [0.717, 1.165) is 5.56 Å². The number of carbonyl (C=O) groups is 1. The maximum absolute atomic E-state index is 12.8. The van der Waals surface area contributed by atoms with Crippen molar-refractivity contribution in [3.05, 3.63) is 69.3 Å². The number of hydrogen-bond acceptors (Lipinski definition) is 5. The number of hydrogen-bond donors (Lipinski definition) is 2. The zero-order valence-corrected chi connectivity index (χ0v) is 15.4. The minimum Gasteiger partial charge on any atom is -0.488 e. The van der Waals surface area contributed by atoms with Crippen molar-refractivity contribution in [3.63, 3.8) is 0 Å². The maximum Gasteiger partial charge on any atom is 0.327 e. The summed E-state index contributed by atoms with van der Waals surface area (Å²) in [4.78, 5) is 27.8. The predicted octanol–water partition coefficient (Wildman–Crippen LogP) is 2.46. The van der Waals surface area contributed by atoms with Crippen LogP contribution in [0.4, 0.5) is 0 Å². The van der Waals surface area contributed by atoms with Crippen molar-refractivity contribution in [2.45, 2.75) is 19.9 Å². The summed E-state index contributed by atoms with van der Waals surface area (Å²) < 4.78 is 7.65. The highest BCUT2D eigenvalue weighted by Crippen LogP contribution is 2.41. The molecule has 28 heavy (non-hydrogen) atoms. The normalized spacial score (nSPS) is 16.2. The third-order valence-corrected chi connectivity index (χ3v) is 4.96. The lowest BCUT2D eigenvalue weighted by molar-refractivity contribution is -0.111. The summed E-state index contributed by atoms with van der Waals surface area (Å²) in [6, 6.07) is 12.8. The molecule has 3 N–H and O–H groups in total. The second-order valence-corrected chi connectivity index (χ2v) is 6.79. The predicted molar refractivity (Wildman–Crippen MR) is 105 cm³/mol. The number of imidazole rings is 1. The smallest absolute Gasteiger partial charge is 0.327 e. The summed E-state index contributed by atoms with van der Waals surface area (Å²) in [7, 11) is 0. The fraction of sp³-hybridized carbons (Fsp3) is 0.190. The third-order valence-electron chi connectivity index (χ3n) is 4.96. The van der Waals surface area contributed by atoms with Gasteiger partial charge in [0, 0.05) is 16.8 Å². The van der Waals surface area contributed by atoms with Crippen LogP contribution in [0.2, 0.25) is 0 Å². The van der Waals surface area contributed by atoms with Gasteiger partial charge in [-0.1, -0.05) is 30.3 Å². The first kappa shape index (κ1) is 17.6. The van der Waals surface area contributed by atoms with Gasteiger partial charge in [-0.3, -0.25) is 9.36 Å². The molecule has 140 valence electrons. The summed E-state index contributed by atoms with van der Waals surface area (Å²) >= 11 is 0. The first-order valence-corrected chi connectivity index (χ1v) is 8.80. The number of aromatic amines is 1. The number of ether oxygens (including phenoxy) is 1. The monoisotopic (exact) mass is 374 g/mol. The van der Waals surface area contributed by atoms with Gasteiger partial charge >= 0.3 is 5.69 Å². The van der Waals surface area contributed by atoms with E-state index in [2.05, 4.69) is 11.1 Å². The molecule has 0 radical (unpaired) electrons. The molecule has 1 aliphatic heterocycles. The molecule has 0 spiro atoms. The standard InChI is InChI=1S/C21H18N4O3/c1-11(23)17(12(2)26)15-8-14(9-22)18-19-20(15)28-10-16(25(19)21(27)24-18)13-6-4-3-5-7-13/h3-8,16H,10,23H2,1-2H3,(H,24,27). The van der Waals surface area contributed by atoms with Crippen molar-refractivity contribution in [2.75, 3.05) is 6.61 Å². The number of rotatable bonds is 3. The lowest BCUT2D eigenvalue weighted by Gasteiger charge is -2.27. The molecule has 1 aliphatic rings. The molecule has 0 amide bonds. The number of nitrogens with zero attached hydrogens (tertiary/aromatic N) is 2. The van der Waals surface area contributed by atoms with Gasteiger partial charge in [0.1, 0.15) is 18.2 Å². The Bertz CT molecular complexity index is 1240. The number of nitrogens with two attached hydrogens (primary N) is 1. The molecule has 1 atom stereocenters. The highest BCUT2D eigenvalue weighted by Gasteiger charge is 2.31. The average molecular weight is 374 g/mol. The first-order chi connectivity index (χ1) is 13.4. The van der Waals surface area contributed by atoms with Gasteiger partial charge in [-0.15, -0.1) is 0 Å². The molecule has 1 aromatic heterocycles. The fourth-order valence-corrected chi connectivity index (χ4v) is 3.83. The van der Waals surface area contributed by atoms with Gasteiger partial charge in [0.05, 0.1) is 17.1 Å². The van der Waals surface area contributed by atoms with Crippen LogP contribution in [0.15, 0.2) is 46.9 Å². The lowest BCUT2D eigenvalue weighted by Crippen LogP contribution is -2.30. The van der Waals surface area contributed by atoms with Crippen LogP contribution in [-0.4, -0.2) is 21.9 Å². The summed E-state index contributed by atoms with van der Waals surface area (Å²) in [5.74, 6) is 0.146. The van der Waals surface area contributed by atoms with Crippen LogP contribution in [0.1, 0.15) is 36.6 Å². The number of nitriles is 1. The SMILES string of the molecule is CC(=O)C(=C(C)N)c1cc(C#N)c2[nH]c(=O)n3c2c1OCC3c1ccccc1. The van der Waals surface area contributed by atoms with Crippen LogP contribution in [-0.2, 0) is 4.79 Å². The minimum atomic E-state index is -0.347. The van der Waals surface area contributed by atoms with Crippen LogP contribution < -0.4 is 16.2 Å². The second-order valence-electron chi connectivity index (χ2n) is 6.79. The molecule has 3 aromatic rings. The van der Waals surface area contributed by atoms with Crippen molar-refractivity contribution in [1.82, 2.24) is 9.55 Å². The van der Waals surface area contributed by atoms with Gasteiger partial charge in [0.15, 0.2) is 11.5 Å². The molecule has 0 fully saturated rings. The Morgan fingerprint density at radius 1 is 1.32 bits per heavy atom. The van der Waals surface area contributed by atoms with E-state index >= 15 is 0 Å². The first-order valence-electron chi connectivity index (χ1n) is 8.80. The molecule has 1 unspecified atom stereocenters. The third kappa shape index (κ3) is 2.50. The lowest BCUT2D eigenvalue weighted by atomic mass is 9.95. The van der Waals surface area contributed by atoms with Crippen molar-refractivity contribution in [2.24, 2.45) is 5.73 Å². The average Bonchev–Trinajstić information content (AvgIpc) is 3.02. The number of ketones is 1. The van der Waals surface area contributed by atoms with E-state index < -0.39 is 0 Å². The summed E-state index contributed by atoms with van der Waals surface area (Å²) in [6.45, 7) is 3.26. The Kier molecular flexibility index (Phi) is 4.04. The van der Waals surface area contributed by atoms with E-state index in [9.17, 15) is 14.9 Å². The van der Waals surface area contributed by atoms with Crippen molar-refractivity contribution in [3.8, 4) is 11.8 Å². The highest BCUT2D eigenvalue weighted by atomic mass is 16.5. The Morgan fingerprint density at radius 2 is 2.04 bits per heavy atom. The molecular formula is C21H18N4O3. The van der Waals surface area contributed by atoms with Crippen LogP contribution in [0.5, 0.6) is 5.75 Å². The second kappa shape index (κ2) is 6.43. The van der Waals surface area contributed by atoms with Crippen molar-refractivity contribution < 1.29 is 9.53 Å². The number of allylic oxidation sites excluding steroid dienone is 2. The summed E-state index contributed by atoms with van der Waals surface area (Å²) in [6.07, 6.45) is 0. The van der Waals surface area contributed by atoms with Crippen molar-refractivity contribution >= 4 is 22.4 Å². The molecule has 2 aromatic carbocycles. The summed E-state index contributed by atoms with van der Waals surface area (Å²) in [5, 5.41) is 9.63. The van der Waals surface area contributed by atoms with Gasteiger partial charge in [0.2, 0.25) is 0 Å². The Morgan fingerprint density at radius 3 is 2.64 bits per heavy atom. The Labute approximate surface area is 160 Å². The number of Topliss-reactive ketones (excluding diaryl/α,β-unsaturated/α-hetero) is 1. The minimum absolute atomic E-state index is 0.220. The molecule has 2 heterocycles. The largest absolute Gasteiger partial charge is 0.488 e. The zero-order chi connectivity index (χ0) is 20.0. The quantitative estimate of drug-likeness (QED) is 0.684. The van der Waals surface area contributed by atoms with Crippen LogP contribution in [0.3, 0.4) is 0 Å². The van der Waals surface area contributed by atoms with E-state index in [1.165, 1.54) is 6.92 Å². The topological polar surface area (TPSA) is 114 Å².